The molecule has 1 heterocycles. The van der Waals surface area contributed by atoms with Crippen molar-refractivity contribution in [2.45, 2.75) is 43.8 Å². The van der Waals surface area contributed by atoms with Gasteiger partial charge in [-0.15, -0.1) is 0 Å². The molecule has 10 heteroatoms. The summed E-state index contributed by atoms with van der Waals surface area (Å²) in [5, 5.41) is 0. The molecule has 3 rings (SSSR count). The summed E-state index contributed by atoms with van der Waals surface area (Å²) < 4.78 is 53.3. The van der Waals surface area contributed by atoms with Crippen molar-refractivity contribution in [1.29, 1.82) is 0 Å². The van der Waals surface area contributed by atoms with Gasteiger partial charge in [-0.05, 0) is 63.5 Å². The SMILES string of the molecule is CC1(C)OB(c2ccc(S(=O)(=O)Nc3ccc(C(N)=O)cc3F)cc2)OC1(C)C. The van der Waals surface area contributed by atoms with Crippen LogP contribution in [0.25, 0.3) is 0 Å². The number of halogens is 1. The van der Waals surface area contributed by atoms with Crippen molar-refractivity contribution in [2.24, 2.45) is 5.73 Å². The second-order valence-corrected chi connectivity index (χ2v) is 9.50. The molecule has 154 valence electrons. The molecule has 3 N–H and O–H groups in total. The molecule has 0 aliphatic carbocycles. The van der Waals surface area contributed by atoms with E-state index in [0.717, 1.165) is 12.1 Å². The van der Waals surface area contributed by atoms with E-state index in [0.29, 0.717) is 5.46 Å². The molecule has 1 amide bonds. The fourth-order valence-corrected chi connectivity index (χ4v) is 3.81. The maximum absolute atomic E-state index is 14.1. The van der Waals surface area contributed by atoms with Crippen LogP contribution in [0, 0.1) is 5.82 Å². The molecule has 2 aromatic rings. The predicted octanol–water partition coefficient (Wildman–Crippen LogP) is 2.02. The van der Waals surface area contributed by atoms with Gasteiger partial charge in [0.25, 0.3) is 10.0 Å². The van der Waals surface area contributed by atoms with Crippen molar-refractivity contribution in [3.05, 3.63) is 53.8 Å². The van der Waals surface area contributed by atoms with Crippen LogP contribution < -0.4 is 15.9 Å². The number of nitrogens with two attached hydrogens (primary N) is 1. The molecule has 1 saturated heterocycles. The first kappa shape index (κ1) is 21.3. The van der Waals surface area contributed by atoms with Crippen LogP contribution in [0.1, 0.15) is 38.1 Å². The van der Waals surface area contributed by atoms with E-state index in [-0.39, 0.29) is 16.1 Å². The van der Waals surface area contributed by atoms with E-state index in [4.69, 9.17) is 15.0 Å². The molecular weight excluding hydrogens is 398 g/mol. The summed E-state index contributed by atoms with van der Waals surface area (Å²) in [6.45, 7) is 7.70. The Labute approximate surface area is 169 Å². The summed E-state index contributed by atoms with van der Waals surface area (Å²) in [5.41, 5.74) is 4.38. The van der Waals surface area contributed by atoms with Crippen LogP contribution in [0.5, 0.6) is 0 Å². The second kappa shape index (κ2) is 7.12. The normalized spacial score (nSPS) is 17.9. The van der Waals surface area contributed by atoms with Crippen LogP contribution in [0.15, 0.2) is 47.4 Å². The van der Waals surface area contributed by atoms with Crippen LogP contribution in [-0.4, -0.2) is 32.6 Å². The van der Waals surface area contributed by atoms with Crippen LogP contribution >= 0.6 is 0 Å². The van der Waals surface area contributed by atoms with Crippen molar-refractivity contribution in [2.75, 3.05) is 4.72 Å². The molecule has 0 bridgehead atoms. The Morgan fingerprint density at radius 2 is 1.59 bits per heavy atom. The van der Waals surface area contributed by atoms with E-state index in [1.165, 1.54) is 18.2 Å². The van der Waals surface area contributed by atoms with Crippen LogP contribution in [0.2, 0.25) is 0 Å². The van der Waals surface area contributed by atoms with Gasteiger partial charge in [0.1, 0.15) is 5.82 Å². The van der Waals surface area contributed by atoms with Gasteiger partial charge in [0.2, 0.25) is 5.91 Å². The molecule has 0 saturated carbocycles. The first-order valence-corrected chi connectivity index (χ1v) is 10.4. The molecule has 0 unspecified atom stereocenters. The maximum atomic E-state index is 14.1. The molecule has 1 fully saturated rings. The lowest BCUT2D eigenvalue weighted by atomic mass is 9.79. The highest BCUT2D eigenvalue weighted by Gasteiger charge is 2.51. The Morgan fingerprint density at radius 3 is 2.07 bits per heavy atom. The first-order chi connectivity index (χ1) is 13.3. The minimum atomic E-state index is -4.04. The Bertz CT molecular complexity index is 1040. The molecule has 0 aromatic heterocycles. The number of nitrogens with one attached hydrogen (secondary N) is 1. The molecule has 0 spiro atoms. The van der Waals surface area contributed by atoms with Crippen LogP contribution in [0.3, 0.4) is 0 Å². The second-order valence-electron chi connectivity index (χ2n) is 7.82. The molecular formula is C19H22BFN2O5S. The average molecular weight is 420 g/mol. The molecule has 7 nitrogen and oxygen atoms in total. The number of benzene rings is 2. The number of hydrogen-bond acceptors (Lipinski definition) is 5. The lowest BCUT2D eigenvalue weighted by molar-refractivity contribution is 0.00578. The fraction of sp³-hybridized carbons (Fsp3) is 0.316. The number of carbonyl (C=O) groups excluding carboxylic acids is 1. The van der Waals surface area contributed by atoms with Crippen molar-refractivity contribution in [1.82, 2.24) is 0 Å². The molecule has 29 heavy (non-hydrogen) atoms. The third kappa shape index (κ3) is 4.14. The Kier molecular flexibility index (Phi) is 5.23. The van der Waals surface area contributed by atoms with E-state index in [9.17, 15) is 17.6 Å². The third-order valence-corrected chi connectivity index (χ3v) is 6.60. The largest absolute Gasteiger partial charge is 0.494 e. The number of carbonyl (C=O) groups is 1. The topological polar surface area (TPSA) is 108 Å². The molecule has 2 aromatic carbocycles. The van der Waals surface area contributed by atoms with Crippen molar-refractivity contribution < 1.29 is 26.9 Å². The monoisotopic (exact) mass is 420 g/mol. The highest BCUT2D eigenvalue weighted by molar-refractivity contribution is 7.92. The summed E-state index contributed by atoms with van der Waals surface area (Å²) in [7, 11) is -4.66. The minimum absolute atomic E-state index is 0.0581. The quantitative estimate of drug-likeness (QED) is 0.720. The summed E-state index contributed by atoms with van der Waals surface area (Å²) >= 11 is 0. The number of amides is 1. The Balaban J connectivity index is 1.80. The standard InChI is InChI=1S/C19H22BFN2O5S/c1-18(2)19(3,4)28-20(27-18)13-6-8-14(9-7-13)29(25,26)23-16-10-5-12(17(22)24)11-15(16)21/h5-11,23H,1-4H3,(H2,22,24). The van der Waals surface area contributed by atoms with Gasteiger partial charge in [-0.2, -0.15) is 0 Å². The Morgan fingerprint density at radius 1 is 1.03 bits per heavy atom. The highest BCUT2D eigenvalue weighted by atomic mass is 32.2. The van der Waals surface area contributed by atoms with Gasteiger partial charge in [0, 0.05) is 5.56 Å². The molecule has 1 aliphatic rings. The van der Waals surface area contributed by atoms with Gasteiger partial charge >= 0.3 is 7.12 Å². The van der Waals surface area contributed by atoms with Gasteiger partial charge in [0.15, 0.2) is 0 Å². The van der Waals surface area contributed by atoms with E-state index in [1.807, 2.05) is 27.7 Å². The van der Waals surface area contributed by atoms with Crippen molar-refractivity contribution >= 4 is 34.2 Å². The smallest absolute Gasteiger partial charge is 0.399 e. The predicted molar refractivity (Wildman–Crippen MR) is 108 cm³/mol. The lowest BCUT2D eigenvalue weighted by Crippen LogP contribution is -2.41. The van der Waals surface area contributed by atoms with Gasteiger partial charge in [-0.1, -0.05) is 12.1 Å². The lowest BCUT2D eigenvalue weighted by Gasteiger charge is -2.32. The first-order valence-electron chi connectivity index (χ1n) is 8.90. The van der Waals surface area contributed by atoms with Crippen molar-refractivity contribution in [3.8, 4) is 0 Å². The zero-order chi connectivity index (χ0) is 21.6. The van der Waals surface area contributed by atoms with Gasteiger partial charge in [-0.25, -0.2) is 12.8 Å². The number of anilines is 1. The molecule has 0 atom stereocenters. The summed E-state index contributed by atoms with van der Waals surface area (Å²) in [4.78, 5) is 11.0. The summed E-state index contributed by atoms with van der Waals surface area (Å²) in [6.07, 6.45) is 0. The average Bonchev–Trinajstić information content (AvgIpc) is 2.84. The molecule has 1 aliphatic heterocycles. The third-order valence-electron chi connectivity index (χ3n) is 5.21. The van der Waals surface area contributed by atoms with Crippen molar-refractivity contribution in [3.63, 3.8) is 0 Å². The minimum Gasteiger partial charge on any atom is -0.399 e. The Hall–Kier alpha value is -2.43. The number of primary amides is 1. The summed E-state index contributed by atoms with van der Waals surface area (Å²) in [5.74, 6) is -1.71. The van der Waals surface area contributed by atoms with Gasteiger partial charge in [-0.3, -0.25) is 9.52 Å². The van der Waals surface area contributed by atoms with Crippen LogP contribution in [0.4, 0.5) is 10.1 Å². The summed E-state index contributed by atoms with van der Waals surface area (Å²) in [6, 6.07) is 9.21. The number of hydrogen-bond donors (Lipinski definition) is 2. The number of sulfonamides is 1. The highest BCUT2D eigenvalue weighted by Crippen LogP contribution is 2.36. The fourth-order valence-electron chi connectivity index (χ4n) is 2.74. The zero-order valence-corrected chi connectivity index (χ0v) is 17.3. The number of rotatable bonds is 5. The van der Waals surface area contributed by atoms with E-state index in [2.05, 4.69) is 4.72 Å². The van der Waals surface area contributed by atoms with Gasteiger partial charge < -0.3 is 15.0 Å². The van der Waals surface area contributed by atoms with Crippen LogP contribution in [-0.2, 0) is 19.3 Å². The molecule has 0 radical (unpaired) electrons. The van der Waals surface area contributed by atoms with E-state index >= 15 is 0 Å². The van der Waals surface area contributed by atoms with E-state index in [1.54, 1.807) is 12.1 Å². The van der Waals surface area contributed by atoms with Gasteiger partial charge in [0.05, 0.1) is 21.8 Å². The van der Waals surface area contributed by atoms with E-state index < -0.39 is 40.1 Å². The maximum Gasteiger partial charge on any atom is 0.494 e. The zero-order valence-electron chi connectivity index (χ0n) is 16.5.